The molecule has 66 valence electrons. The van der Waals surface area contributed by atoms with Crippen LogP contribution in [0.15, 0.2) is 18.2 Å². The molecule has 0 N–H and O–H groups in total. The van der Waals surface area contributed by atoms with Crippen molar-refractivity contribution in [2.24, 2.45) is 0 Å². The third-order valence-electron chi connectivity index (χ3n) is 1.69. The molecule has 0 aromatic heterocycles. The van der Waals surface area contributed by atoms with E-state index in [9.17, 15) is 0 Å². The molecule has 1 nitrogen and oxygen atoms in total. The molecule has 0 atom stereocenters. The van der Waals surface area contributed by atoms with E-state index in [0.29, 0.717) is 0 Å². The normalized spacial score (nSPS) is 8.92. The molecule has 0 fully saturated rings. The Bertz CT molecular complexity index is 235. The molecule has 2 heteroatoms. The van der Waals surface area contributed by atoms with Gasteiger partial charge in [0.25, 0.3) is 0 Å². The minimum atomic E-state index is 0. The van der Waals surface area contributed by atoms with Crippen LogP contribution in [-0.2, 0) is 19.8 Å². The fraction of sp³-hybridized carbons (Fsp3) is 0.300. The summed E-state index contributed by atoms with van der Waals surface area (Å²) < 4.78 is 0. The summed E-state index contributed by atoms with van der Waals surface area (Å²) in [4.78, 5) is 2.06. The van der Waals surface area contributed by atoms with Gasteiger partial charge in [-0.1, -0.05) is 12.6 Å². The number of hydrogen-bond acceptors (Lipinski definition) is 1. The average molecular weight is 337 g/mol. The van der Waals surface area contributed by atoms with Crippen LogP contribution in [0.1, 0.15) is 5.56 Å². The predicted octanol–water partition coefficient (Wildman–Crippen LogP) is 2.06. The summed E-state index contributed by atoms with van der Waals surface area (Å²) in [6, 6.07) is 9.23. The Hall–Kier alpha value is -0.344. The first-order chi connectivity index (χ1) is 5.24. The summed E-state index contributed by atoms with van der Waals surface area (Å²) in [5, 5.41) is 0. The predicted molar refractivity (Wildman–Crippen MR) is 48.6 cm³/mol. The zero-order chi connectivity index (χ0) is 8.27. The van der Waals surface area contributed by atoms with Crippen molar-refractivity contribution < 1.29 is 19.8 Å². The maximum Gasteiger partial charge on any atom is 2.00 e. The maximum absolute atomic E-state index is 3.80. The number of anilines is 1. The van der Waals surface area contributed by atoms with Gasteiger partial charge in [-0.2, -0.15) is 23.8 Å². The molecule has 0 amide bonds. The summed E-state index contributed by atoms with van der Waals surface area (Å²) in [5.74, 6) is 0. The van der Waals surface area contributed by atoms with Crippen molar-refractivity contribution in [1.29, 1.82) is 0 Å². The molecule has 0 aliphatic heterocycles. The van der Waals surface area contributed by atoms with Crippen LogP contribution in [0.3, 0.4) is 0 Å². The molecular weight excluding hydrogens is 324 g/mol. The Labute approximate surface area is 87.8 Å². The smallest absolute Gasteiger partial charge is 0.426 e. The molecule has 0 heterocycles. The van der Waals surface area contributed by atoms with Crippen molar-refractivity contribution in [3.63, 3.8) is 0 Å². The molecule has 0 bridgehead atoms. The van der Waals surface area contributed by atoms with Crippen LogP contribution >= 0.6 is 0 Å². The van der Waals surface area contributed by atoms with Crippen molar-refractivity contribution in [3.05, 3.63) is 36.8 Å². The van der Waals surface area contributed by atoms with E-state index in [1.165, 1.54) is 5.56 Å². The summed E-state index contributed by atoms with van der Waals surface area (Å²) in [6.45, 7) is 6.65. The van der Waals surface area contributed by atoms with E-state index in [1.807, 2.05) is 19.2 Å². The third-order valence-corrected chi connectivity index (χ3v) is 1.69. The average Bonchev–Trinajstić information content (AvgIpc) is 2.03. The van der Waals surface area contributed by atoms with Crippen LogP contribution in [0.5, 0.6) is 0 Å². The molecule has 0 spiro atoms. The topological polar surface area (TPSA) is 3.24 Å². The van der Waals surface area contributed by atoms with Gasteiger partial charge in [0.15, 0.2) is 0 Å². The van der Waals surface area contributed by atoms with Crippen LogP contribution in [-0.4, -0.2) is 13.6 Å². The minimum absolute atomic E-state index is 0. The van der Waals surface area contributed by atoms with Gasteiger partial charge in [-0.05, 0) is 0 Å². The third kappa shape index (κ3) is 2.95. The second-order valence-electron chi connectivity index (χ2n) is 2.67. The standard InChI is InChI=1S/C10H13N.Os/c1-4-11(3)10-7-5-6-9(2)8-10;/h5-6,8H,1,4H2,2-3H3;/q-2;+2. The Kier molecular flexibility index (Phi) is 5.18. The molecule has 0 saturated carbocycles. The SMILES string of the molecule is [CH2-]CN(C)c1[c-]ccc(C)c1.[Os+2]. The van der Waals surface area contributed by atoms with E-state index in [2.05, 4.69) is 30.9 Å². The van der Waals surface area contributed by atoms with E-state index in [-0.39, 0.29) is 19.8 Å². The van der Waals surface area contributed by atoms with Crippen molar-refractivity contribution in [3.8, 4) is 0 Å². The first-order valence-electron chi connectivity index (χ1n) is 3.73. The maximum atomic E-state index is 3.80. The summed E-state index contributed by atoms with van der Waals surface area (Å²) in [7, 11) is 2.01. The van der Waals surface area contributed by atoms with Crippen molar-refractivity contribution in [2.75, 3.05) is 18.5 Å². The van der Waals surface area contributed by atoms with Gasteiger partial charge in [-0.25, -0.2) is 0 Å². The molecule has 0 radical (unpaired) electrons. The summed E-state index contributed by atoms with van der Waals surface area (Å²) >= 11 is 0. The molecular formula is C10H13NOs. The van der Waals surface area contributed by atoms with Gasteiger partial charge in [0.1, 0.15) is 0 Å². The van der Waals surface area contributed by atoms with Gasteiger partial charge in [0.05, 0.1) is 0 Å². The molecule has 1 aromatic rings. The fourth-order valence-corrected chi connectivity index (χ4v) is 0.905. The molecule has 0 unspecified atom stereocenters. The Morgan fingerprint density at radius 3 is 2.75 bits per heavy atom. The second kappa shape index (κ2) is 5.33. The van der Waals surface area contributed by atoms with Gasteiger partial charge in [0, 0.05) is 7.05 Å². The first kappa shape index (κ1) is 11.7. The quantitative estimate of drug-likeness (QED) is 0.747. The van der Waals surface area contributed by atoms with E-state index < -0.39 is 0 Å². The summed E-state index contributed by atoms with van der Waals surface area (Å²) in [5.41, 5.74) is 2.37. The Morgan fingerprint density at radius 2 is 2.25 bits per heavy atom. The Balaban J connectivity index is 0.00000121. The largest absolute Gasteiger partial charge is 2.00 e. The second-order valence-corrected chi connectivity index (χ2v) is 2.67. The minimum Gasteiger partial charge on any atom is -0.426 e. The van der Waals surface area contributed by atoms with E-state index in [0.717, 1.165) is 12.2 Å². The first-order valence-corrected chi connectivity index (χ1v) is 3.73. The zero-order valence-corrected chi connectivity index (χ0v) is 9.99. The van der Waals surface area contributed by atoms with Crippen LogP contribution in [0.4, 0.5) is 5.69 Å². The van der Waals surface area contributed by atoms with Gasteiger partial charge in [-0.3, -0.25) is 0 Å². The van der Waals surface area contributed by atoms with Gasteiger partial charge in [-0.15, -0.1) is 12.6 Å². The van der Waals surface area contributed by atoms with Gasteiger partial charge in [0.2, 0.25) is 0 Å². The van der Waals surface area contributed by atoms with Crippen molar-refractivity contribution in [2.45, 2.75) is 6.92 Å². The number of hydrogen-bond donors (Lipinski definition) is 0. The number of aryl methyl sites for hydroxylation is 1. The number of nitrogens with zero attached hydrogens (tertiary/aromatic N) is 1. The Morgan fingerprint density at radius 1 is 1.58 bits per heavy atom. The van der Waals surface area contributed by atoms with E-state index >= 15 is 0 Å². The molecule has 1 aromatic carbocycles. The van der Waals surface area contributed by atoms with Gasteiger partial charge < -0.3 is 11.8 Å². The fourth-order valence-electron chi connectivity index (χ4n) is 0.905. The van der Waals surface area contributed by atoms with E-state index in [4.69, 9.17) is 0 Å². The molecule has 12 heavy (non-hydrogen) atoms. The number of benzene rings is 1. The van der Waals surface area contributed by atoms with Crippen LogP contribution < -0.4 is 4.90 Å². The van der Waals surface area contributed by atoms with Gasteiger partial charge >= 0.3 is 19.8 Å². The van der Waals surface area contributed by atoms with Crippen molar-refractivity contribution in [1.82, 2.24) is 0 Å². The summed E-state index contributed by atoms with van der Waals surface area (Å²) in [6.07, 6.45) is 0. The molecule has 0 aliphatic rings. The van der Waals surface area contributed by atoms with E-state index in [1.54, 1.807) is 0 Å². The molecule has 0 aliphatic carbocycles. The van der Waals surface area contributed by atoms with Crippen molar-refractivity contribution >= 4 is 5.69 Å². The number of rotatable bonds is 2. The molecule has 0 saturated heterocycles. The zero-order valence-electron chi connectivity index (χ0n) is 7.45. The van der Waals surface area contributed by atoms with Crippen LogP contribution in [0.25, 0.3) is 0 Å². The van der Waals surface area contributed by atoms with Crippen LogP contribution in [0, 0.1) is 19.9 Å². The molecule has 1 rings (SSSR count). The monoisotopic (exact) mass is 339 g/mol. The van der Waals surface area contributed by atoms with Crippen LogP contribution in [0.2, 0.25) is 0 Å².